The van der Waals surface area contributed by atoms with E-state index in [0.29, 0.717) is 0 Å². The van der Waals surface area contributed by atoms with E-state index in [1.165, 1.54) is 18.2 Å². The molecule has 1 atom stereocenters. The van der Waals surface area contributed by atoms with Gasteiger partial charge >= 0.3 is 12.2 Å². The third-order valence-electron chi connectivity index (χ3n) is 3.01. The highest BCUT2D eigenvalue weighted by Crippen LogP contribution is 2.34. The van der Waals surface area contributed by atoms with Gasteiger partial charge < -0.3 is 15.7 Å². The molecule has 1 aromatic rings. The van der Waals surface area contributed by atoms with Crippen molar-refractivity contribution in [1.82, 2.24) is 5.32 Å². The second kappa shape index (κ2) is 6.34. The summed E-state index contributed by atoms with van der Waals surface area (Å²) in [6.07, 6.45) is -4.55. The van der Waals surface area contributed by atoms with Crippen LogP contribution in [-0.4, -0.2) is 23.8 Å². The fourth-order valence-electron chi connectivity index (χ4n) is 1.69. The Morgan fingerprint density at radius 3 is 2.29 bits per heavy atom. The van der Waals surface area contributed by atoms with E-state index in [2.05, 4.69) is 10.6 Å². The Labute approximate surface area is 121 Å². The molecule has 3 N–H and O–H groups in total. The Bertz CT molecular complexity index is 496. The number of amides is 2. The van der Waals surface area contributed by atoms with E-state index >= 15 is 0 Å². The van der Waals surface area contributed by atoms with Crippen LogP contribution in [0.1, 0.15) is 26.3 Å². The molecule has 0 spiro atoms. The van der Waals surface area contributed by atoms with E-state index in [-0.39, 0.29) is 12.3 Å². The van der Waals surface area contributed by atoms with Crippen LogP contribution < -0.4 is 10.6 Å². The summed E-state index contributed by atoms with van der Waals surface area (Å²) >= 11 is 0. The monoisotopic (exact) mass is 304 g/mol. The Balaban J connectivity index is 2.85. The Morgan fingerprint density at radius 2 is 1.81 bits per heavy atom. The molecule has 0 aliphatic heterocycles. The molecule has 21 heavy (non-hydrogen) atoms. The zero-order valence-corrected chi connectivity index (χ0v) is 12.1. The number of anilines is 1. The van der Waals surface area contributed by atoms with E-state index in [9.17, 15) is 23.1 Å². The van der Waals surface area contributed by atoms with Crippen LogP contribution in [0.5, 0.6) is 0 Å². The minimum atomic E-state index is -4.55. The van der Waals surface area contributed by atoms with Crippen LogP contribution in [-0.2, 0) is 6.18 Å². The average molecular weight is 304 g/mol. The summed E-state index contributed by atoms with van der Waals surface area (Å²) in [4.78, 5) is 11.8. The van der Waals surface area contributed by atoms with Crippen molar-refractivity contribution in [3.05, 3.63) is 29.8 Å². The number of hydrogen-bond donors (Lipinski definition) is 3. The fourth-order valence-corrected chi connectivity index (χ4v) is 1.69. The number of halogens is 3. The van der Waals surface area contributed by atoms with Gasteiger partial charge in [0.05, 0.1) is 23.9 Å². The standard InChI is InChI=1S/C14H19F3N2O2/c1-13(2,3)11(8-20)19-12(21)18-10-7-5-4-6-9(10)14(15,16)17/h4-7,11,20H,8H2,1-3H3,(H2,18,19,21)/t11-/m0/s1. The zero-order valence-electron chi connectivity index (χ0n) is 12.1. The molecule has 0 saturated carbocycles. The third kappa shape index (κ3) is 4.93. The van der Waals surface area contributed by atoms with Gasteiger partial charge in [0.1, 0.15) is 0 Å². The highest BCUT2D eigenvalue weighted by molar-refractivity contribution is 5.90. The maximum Gasteiger partial charge on any atom is 0.418 e. The molecule has 4 nitrogen and oxygen atoms in total. The number of benzene rings is 1. The van der Waals surface area contributed by atoms with E-state index in [1.807, 2.05) is 0 Å². The Hall–Kier alpha value is -1.76. The summed E-state index contributed by atoms with van der Waals surface area (Å²) in [6.45, 7) is 5.10. The summed E-state index contributed by atoms with van der Waals surface area (Å²) in [7, 11) is 0. The normalized spacial score (nSPS) is 13.7. The number of nitrogens with one attached hydrogen (secondary N) is 2. The SMILES string of the molecule is CC(C)(C)[C@H](CO)NC(=O)Nc1ccccc1C(F)(F)F. The lowest BCUT2D eigenvalue weighted by Crippen LogP contribution is -2.47. The van der Waals surface area contributed by atoms with Gasteiger partial charge in [-0.3, -0.25) is 0 Å². The first-order valence-electron chi connectivity index (χ1n) is 6.40. The summed E-state index contributed by atoms with van der Waals surface area (Å²) < 4.78 is 38.4. The van der Waals surface area contributed by atoms with Crippen molar-refractivity contribution < 1.29 is 23.1 Å². The van der Waals surface area contributed by atoms with Crippen molar-refractivity contribution in [2.24, 2.45) is 5.41 Å². The first-order valence-corrected chi connectivity index (χ1v) is 6.40. The lowest BCUT2D eigenvalue weighted by molar-refractivity contribution is -0.136. The molecule has 0 aliphatic rings. The number of carbonyl (C=O) groups excluding carboxylic acids is 1. The van der Waals surface area contributed by atoms with Crippen molar-refractivity contribution in [2.75, 3.05) is 11.9 Å². The van der Waals surface area contributed by atoms with E-state index in [1.54, 1.807) is 20.8 Å². The van der Waals surface area contributed by atoms with Gasteiger partial charge in [-0.2, -0.15) is 13.2 Å². The van der Waals surface area contributed by atoms with Crippen LogP contribution in [0.15, 0.2) is 24.3 Å². The van der Waals surface area contributed by atoms with Crippen LogP contribution in [0.25, 0.3) is 0 Å². The van der Waals surface area contributed by atoms with Gasteiger partial charge in [0.2, 0.25) is 0 Å². The van der Waals surface area contributed by atoms with Gasteiger partial charge in [-0.1, -0.05) is 32.9 Å². The van der Waals surface area contributed by atoms with E-state index in [4.69, 9.17) is 0 Å². The molecule has 2 amide bonds. The van der Waals surface area contributed by atoms with Gasteiger partial charge in [0.15, 0.2) is 0 Å². The van der Waals surface area contributed by atoms with Gasteiger partial charge in [0.25, 0.3) is 0 Å². The molecular weight excluding hydrogens is 285 g/mol. The molecule has 0 radical (unpaired) electrons. The number of hydrogen-bond acceptors (Lipinski definition) is 2. The van der Waals surface area contributed by atoms with Gasteiger partial charge in [-0.05, 0) is 17.5 Å². The molecule has 0 fully saturated rings. The fraction of sp³-hybridized carbons (Fsp3) is 0.500. The van der Waals surface area contributed by atoms with Crippen molar-refractivity contribution >= 4 is 11.7 Å². The molecule has 1 aromatic carbocycles. The second-order valence-electron chi connectivity index (χ2n) is 5.74. The van der Waals surface area contributed by atoms with E-state index < -0.39 is 29.2 Å². The molecule has 0 saturated heterocycles. The summed E-state index contributed by atoms with van der Waals surface area (Å²) in [5, 5.41) is 13.9. The lowest BCUT2D eigenvalue weighted by atomic mass is 9.87. The average Bonchev–Trinajstić information content (AvgIpc) is 2.34. The Morgan fingerprint density at radius 1 is 1.24 bits per heavy atom. The highest BCUT2D eigenvalue weighted by atomic mass is 19.4. The molecule has 0 bridgehead atoms. The molecule has 0 heterocycles. The Kier molecular flexibility index (Phi) is 5.22. The van der Waals surface area contributed by atoms with Crippen molar-refractivity contribution in [1.29, 1.82) is 0 Å². The van der Waals surface area contributed by atoms with Gasteiger partial charge in [-0.15, -0.1) is 0 Å². The van der Waals surface area contributed by atoms with Crippen LogP contribution in [0.3, 0.4) is 0 Å². The van der Waals surface area contributed by atoms with Crippen LogP contribution >= 0.6 is 0 Å². The summed E-state index contributed by atoms with van der Waals surface area (Å²) in [5.74, 6) is 0. The van der Waals surface area contributed by atoms with Crippen LogP contribution in [0, 0.1) is 5.41 Å². The largest absolute Gasteiger partial charge is 0.418 e. The molecule has 7 heteroatoms. The molecule has 0 unspecified atom stereocenters. The summed E-state index contributed by atoms with van der Waals surface area (Å²) in [6, 6.07) is 3.35. The van der Waals surface area contributed by atoms with Gasteiger partial charge in [-0.25, -0.2) is 4.79 Å². The molecule has 118 valence electrons. The number of aliphatic hydroxyl groups excluding tert-OH is 1. The number of alkyl halides is 3. The highest BCUT2D eigenvalue weighted by Gasteiger charge is 2.34. The number of urea groups is 1. The minimum absolute atomic E-state index is 0.308. The number of para-hydroxylation sites is 1. The van der Waals surface area contributed by atoms with Crippen LogP contribution in [0.4, 0.5) is 23.7 Å². The molecule has 0 aliphatic carbocycles. The van der Waals surface area contributed by atoms with Crippen molar-refractivity contribution in [2.45, 2.75) is 33.0 Å². The quantitative estimate of drug-likeness (QED) is 0.803. The maximum absolute atomic E-state index is 12.8. The first kappa shape index (κ1) is 17.3. The maximum atomic E-state index is 12.8. The first-order chi connectivity index (χ1) is 9.55. The zero-order chi connectivity index (χ0) is 16.3. The second-order valence-corrected chi connectivity index (χ2v) is 5.74. The third-order valence-corrected chi connectivity index (χ3v) is 3.01. The van der Waals surface area contributed by atoms with Crippen molar-refractivity contribution in [3.63, 3.8) is 0 Å². The lowest BCUT2D eigenvalue weighted by Gasteiger charge is -2.30. The topological polar surface area (TPSA) is 61.4 Å². The van der Waals surface area contributed by atoms with Gasteiger partial charge in [0, 0.05) is 0 Å². The van der Waals surface area contributed by atoms with Crippen molar-refractivity contribution in [3.8, 4) is 0 Å². The summed E-state index contributed by atoms with van der Waals surface area (Å²) in [5.41, 5.74) is -1.67. The number of carbonyl (C=O) groups is 1. The molecule has 1 rings (SSSR count). The predicted octanol–water partition coefficient (Wildman–Crippen LogP) is 3.23. The molecular formula is C14H19F3N2O2. The molecule has 0 aromatic heterocycles. The van der Waals surface area contributed by atoms with E-state index in [0.717, 1.165) is 6.07 Å². The van der Waals surface area contributed by atoms with Crippen LogP contribution in [0.2, 0.25) is 0 Å². The smallest absolute Gasteiger partial charge is 0.394 e. The predicted molar refractivity (Wildman–Crippen MR) is 73.9 cm³/mol. The number of rotatable bonds is 3. The number of aliphatic hydroxyl groups is 1. The minimum Gasteiger partial charge on any atom is -0.394 e.